The van der Waals surface area contributed by atoms with Crippen LogP contribution in [0, 0.1) is 0 Å². The number of para-hydroxylation sites is 1. The van der Waals surface area contributed by atoms with Crippen LogP contribution < -0.4 is 10.9 Å². The van der Waals surface area contributed by atoms with Gasteiger partial charge in [-0.1, -0.05) is 48.5 Å². The number of benzene rings is 3. The number of carbonyl (C=O) groups is 2. The molecule has 6 heteroatoms. The summed E-state index contributed by atoms with van der Waals surface area (Å²) in [5.41, 5.74) is 6.54. The average molecular weight is 389 g/mol. The van der Waals surface area contributed by atoms with Crippen molar-refractivity contribution in [2.45, 2.75) is 19.3 Å². The molecular weight excluding hydrogens is 370 g/mol. The second-order valence-electron chi connectivity index (χ2n) is 6.46. The fraction of sp³-hybridized carbons (Fsp3) is 0.136. The summed E-state index contributed by atoms with van der Waals surface area (Å²) in [5.74, 6) is -0.536. The largest absolute Gasteiger partial charge is 0.273 e. The first-order chi connectivity index (χ1) is 13.7. The Bertz CT molecular complexity index is 1110. The van der Waals surface area contributed by atoms with Crippen molar-refractivity contribution in [3.63, 3.8) is 0 Å². The number of nitrogens with one attached hydrogen (secondary N) is 2. The van der Waals surface area contributed by atoms with Crippen LogP contribution in [0.5, 0.6) is 0 Å². The Balaban J connectivity index is 1.28. The van der Waals surface area contributed by atoms with E-state index in [0.717, 1.165) is 32.4 Å². The van der Waals surface area contributed by atoms with Crippen LogP contribution in [-0.4, -0.2) is 16.8 Å². The maximum Gasteiger partial charge on any atom is 0.270 e. The quantitative estimate of drug-likeness (QED) is 0.502. The number of fused-ring (bicyclic) bond motifs is 2. The molecule has 2 N–H and O–H groups in total. The molecule has 140 valence electrons. The van der Waals surface area contributed by atoms with Gasteiger partial charge in [-0.15, -0.1) is 11.3 Å². The Labute approximate surface area is 166 Å². The predicted octanol–water partition coefficient (Wildman–Crippen LogP) is 4.23. The number of nitrogens with zero attached hydrogens (tertiary/aromatic N) is 1. The third kappa shape index (κ3) is 4.02. The zero-order chi connectivity index (χ0) is 19.3. The number of aromatic nitrogens is 1. The molecule has 3 aromatic carbocycles. The monoisotopic (exact) mass is 389 g/mol. The summed E-state index contributed by atoms with van der Waals surface area (Å²) in [6.45, 7) is 0. The van der Waals surface area contributed by atoms with Crippen molar-refractivity contribution in [3.05, 3.63) is 77.3 Å². The lowest BCUT2D eigenvalue weighted by Crippen LogP contribution is -2.41. The lowest BCUT2D eigenvalue weighted by Gasteiger charge is -2.09. The molecule has 0 radical (unpaired) electrons. The fourth-order valence-corrected chi connectivity index (χ4v) is 4.12. The number of hydrazine groups is 1. The first kappa shape index (κ1) is 18.1. The second-order valence-corrected chi connectivity index (χ2v) is 7.57. The Morgan fingerprint density at radius 1 is 0.893 bits per heavy atom. The minimum atomic E-state index is -0.323. The van der Waals surface area contributed by atoms with Crippen molar-refractivity contribution in [2.24, 2.45) is 0 Å². The van der Waals surface area contributed by atoms with Gasteiger partial charge in [-0.05, 0) is 41.8 Å². The summed E-state index contributed by atoms with van der Waals surface area (Å²) < 4.78 is 1.16. The van der Waals surface area contributed by atoms with Gasteiger partial charge in [-0.2, -0.15) is 0 Å². The topological polar surface area (TPSA) is 71.1 Å². The normalized spacial score (nSPS) is 10.9. The van der Waals surface area contributed by atoms with Gasteiger partial charge in [0, 0.05) is 12.0 Å². The molecule has 0 atom stereocenters. The molecule has 5 nitrogen and oxygen atoms in total. The lowest BCUT2D eigenvalue weighted by atomic mass is 10.0. The minimum Gasteiger partial charge on any atom is -0.273 e. The van der Waals surface area contributed by atoms with Crippen LogP contribution in [0.2, 0.25) is 0 Å². The van der Waals surface area contributed by atoms with E-state index in [9.17, 15) is 9.59 Å². The first-order valence-corrected chi connectivity index (χ1v) is 9.94. The highest BCUT2D eigenvalue weighted by Crippen LogP contribution is 2.22. The summed E-state index contributed by atoms with van der Waals surface area (Å²) >= 11 is 1.65. The van der Waals surface area contributed by atoms with Crippen molar-refractivity contribution < 1.29 is 9.59 Å². The van der Waals surface area contributed by atoms with Gasteiger partial charge >= 0.3 is 0 Å². The van der Waals surface area contributed by atoms with Crippen LogP contribution in [0.25, 0.3) is 21.0 Å². The highest BCUT2D eigenvalue weighted by Gasteiger charge is 2.11. The average Bonchev–Trinajstić information content (AvgIpc) is 3.14. The number of rotatable bonds is 5. The van der Waals surface area contributed by atoms with E-state index in [1.165, 1.54) is 0 Å². The number of thiazole rings is 1. The number of carbonyl (C=O) groups excluding carboxylic acids is 2. The van der Waals surface area contributed by atoms with Crippen molar-refractivity contribution in [3.8, 4) is 0 Å². The standard InChI is InChI=1S/C22H19N3O2S/c26-20(13-6-14-21-23-18-11-3-4-12-19(18)28-21)24-25-22(27)17-10-5-8-15-7-1-2-9-16(15)17/h1-5,7-12H,6,13-14H2,(H,24,26)(H,25,27). The van der Waals surface area contributed by atoms with Crippen LogP contribution in [-0.2, 0) is 11.2 Å². The van der Waals surface area contributed by atoms with Crippen molar-refractivity contribution in [1.29, 1.82) is 0 Å². The zero-order valence-electron chi connectivity index (χ0n) is 15.1. The van der Waals surface area contributed by atoms with Gasteiger partial charge in [-0.3, -0.25) is 20.4 Å². The van der Waals surface area contributed by atoms with E-state index in [0.29, 0.717) is 18.4 Å². The summed E-state index contributed by atoms with van der Waals surface area (Å²) in [6.07, 6.45) is 1.74. The predicted molar refractivity (Wildman–Crippen MR) is 112 cm³/mol. The molecule has 0 unspecified atom stereocenters. The number of hydrogen-bond donors (Lipinski definition) is 2. The molecule has 0 aliphatic heterocycles. The van der Waals surface area contributed by atoms with Crippen LogP contribution in [0.4, 0.5) is 0 Å². The van der Waals surface area contributed by atoms with Crippen LogP contribution in [0.3, 0.4) is 0 Å². The molecule has 28 heavy (non-hydrogen) atoms. The zero-order valence-corrected chi connectivity index (χ0v) is 16.0. The van der Waals surface area contributed by atoms with Crippen LogP contribution >= 0.6 is 11.3 Å². The second kappa shape index (κ2) is 8.19. The van der Waals surface area contributed by atoms with E-state index < -0.39 is 0 Å². The van der Waals surface area contributed by atoms with Gasteiger partial charge in [0.1, 0.15) is 0 Å². The highest BCUT2D eigenvalue weighted by molar-refractivity contribution is 7.18. The van der Waals surface area contributed by atoms with Crippen molar-refractivity contribution in [1.82, 2.24) is 15.8 Å². The highest BCUT2D eigenvalue weighted by atomic mass is 32.1. The van der Waals surface area contributed by atoms with Crippen LogP contribution in [0.1, 0.15) is 28.2 Å². The Kier molecular flexibility index (Phi) is 5.30. The third-order valence-electron chi connectivity index (χ3n) is 4.48. The summed E-state index contributed by atoms with van der Waals surface area (Å²) in [5, 5.41) is 2.86. The van der Waals surface area contributed by atoms with Crippen LogP contribution in [0.15, 0.2) is 66.7 Å². The van der Waals surface area contributed by atoms with Gasteiger partial charge in [0.15, 0.2) is 0 Å². The Hall–Kier alpha value is -3.25. The Morgan fingerprint density at radius 2 is 1.68 bits per heavy atom. The molecule has 0 aliphatic rings. The maximum absolute atomic E-state index is 12.4. The number of amides is 2. The number of hydrogen-bond acceptors (Lipinski definition) is 4. The van der Waals surface area contributed by atoms with E-state index in [1.807, 2.05) is 60.7 Å². The Morgan fingerprint density at radius 3 is 2.57 bits per heavy atom. The summed E-state index contributed by atoms with van der Waals surface area (Å²) in [7, 11) is 0. The first-order valence-electron chi connectivity index (χ1n) is 9.12. The van der Waals surface area contributed by atoms with Gasteiger partial charge < -0.3 is 0 Å². The molecular formula is C22H19N3O2S. The van der Waals surface area contributed by atoms with E-state index in [4.69, 9.17) is 0 Å². The molecule has 0 fully saturated rings. The van der Waals surface area contributed by atoms with Gasteiger partial charge in [0.05, 0.1) is 15.2 Å². The number of aryl methyl sites for hydroxylation is 1. The van der Waals surface area contributed by atoms with E-state index in [2.05, 4.69) is 15.8 Å². The SMILES string of the molecule is O=C(CCCc1nc2ccccc2s1)NNC(=O)c1cccc2ccccc12. The smallest absolute Gasteiger partial charge is 0.270 e. The van der Waals surface area contributed by atoms with E-state index >= 15 is 0 Å². The van der Waals surface area contributed by atoms with E-state index in [1.54, 1.807) is 17.4 Å². The van der Waals surface area contributed by atoms with Gasteiger partial charge in [0.25, 0.3) is 5.91 Å². The van der Waals surface area contributed by atoms with Gasteiger partial charge in [-0.25, -0.2) is 4.98 Å². The maximum atomic E-state index is 12.4. The van der Waals surface area contributed by atoms with E-state index in [-0.39, 0.29) is 11.8 Å². The molecule has 2 amide bonds. The molecule has 4 rings (SSSR count). The lowest BCUT2D eigenvalue weighted by molar-refractivity contribution is -0.121. The summed E-state index contributed by atoms with van der Waals surface area (Å²) in [4.78, 5) is 29.1. The molecule has 1 aromatic heterocycles. The minimum absolute atomic E-state index is 0.213. The fourth-order valence-electron chi connectivity index (χ4n) is 3.11. The summed E-state index contributed by atoms with van der Waals surface area (Å²) in [6, 6.07) is 21.2. The third-order valence-corrected chi connectivity index (χ3v) is 5.58. The van der Waals surface area contributed by atoms with Crippen molar-refractivity contribution >= 4 is 44.1 Å². The molecule has 0 aliphatic carbocycles. The van der Waals surface area contributed by atoms with Gasteiger partial charge in [0.2, 0.25) is 5.91 Å². The molecule has 1 heterocycles. The molecule has 0 saturated carbocycles. The molecule has 0 spiro atoms. The van der Waals surface area contributed by atoms with Crippen molar-refractivity contribution in [2.75, 3.05) is 0 Å². The molecule has 0 saturated heterocycles. The molecule has 0 bridgehead atoms. The molecule has 4 aromatic rings.